The summed E-state index contributed by atoms with van der Waals surface area (Å²) in [4.78, 5) is 26.9. The average Bonchev–Trinajstić information content (AvgIpc) is 3.42. The van der Waals surface area contributed by atoms with Crippen molar-refractivity contribution in [1.82, 2.24) is 20.0 Å². The van der Waals surface area contributed by atoms with Crippen LogP contribution in [0.3, 0.4) is 0 Å². The SMILES string of the molecule is CCOc1nn(-c2ccccc2)c(NC(=O)N[C@@H]2CN(CC(=O)OC)C[C@H]2c2ccc(F)c(F)c2)c1C. The number of nitrogens with one attached hydrogen (secondary N) is 2. The predicted octanol–water partition coefficient (Wildman–Crippen LogP) is 3.62. The Balaban J connectivity index is 1.58. The summed E-state index contributed by atoms with van der Waals surface area (Å²) >= 11 is 0. The van der Waals surface area contributed by atoms with Gasteiger partial charge in [-0.3, -0.25) is 15.0 Å². The van der Waals surface area contributed by atoms with Crippen LogP contribution in [0, 0.1) is 18.6 Å². The van der Waals surface area contributed by atoms with Gasteiger partial charge in [-0.25, -0.2) is 18.3 Å². The van der Waals surface area contributed by atoms with E-state index in [4.69, 9.17) is 9.47 Å². The molecule has 2 amide bonds. The number of hydrogen-bond acceptors (Lipinski definition) is 6. The number of methoxy groups -OCH3 is 1. The summed E-state index contributed by atoms with van der Waals surface area (Å²) in [5.41, 5.74) is 1.90. The van der Waals surface area contributed by atoms with E-state index in [9.17, 15) is 18.4 Å². The minimum Gasteiger partial charge on any atom is -0.477 e. The second-order valence-electron chi connectivity index (χ2n) is 8.71. The lowest BCUT2D eigenvalue weighted by molar-refractivity contribution is -0.141. The zero-order chi connectivity index (χ0) is 26.5. The molecule has 3 aromatic rings. The Morgan fingerprint density at radius 2 is 1.86 bits per heavy atom. The maximum atomic E-state index is 14.0. The molecule has 2 heterocycles. The molecule has 2 atom stereocenters. The van der Waals surface area contributed by atoms with Crippen LogP contribution in [-0.4, -0.2) is 66.1 Å². The maximum Gasteiger partial charge on any atom is 0.320 e. The molecule has 4 rings (SSSR count). The molecule has 1 aliphatic rings. The summed E-state index contributed by atoms with van der Waals surface area (Å²) in [7, 11) is 1.29. The quantitative estimate of drug-likeness (QED) is 0.447. The van der Waals surface area contributed by atoms with Crippen molar-refractivity contribution in [3.63, 3.8) is 0 Å². The van der Waals surface area contributed by atoms with Gasteiger partial charge in [0.05, 0.1) is 37.6 Å². The van der Waals surface area contributed by atoms with Crippen LogP contribution in [0.1, 0.15) is 24.0 Å². The van der Waals surface area contributed by atoms with E-state index in [0.717, 1.165) is 17.8 Å². The van der Waals surface area contributed by atoms with E-state index in [1.54, 1.807) is 16.5 Å². The number of urea groups is 1. The number of rotatable bonds is 8. The summed E-state index contributed by atoms with van der Waals surface area (Å²) in [6, 6.07) is 12.0. The van der Waals surface area contributed by atoms with Crippen molar-refractivity contribution < 1.29 is 27.8 Å². The summed E-state index contributed by atoms with van der Waals surface area (Å²) < 4.78 is 39.5. The van der Waals surface area contributed by atoms with E-state index in [2.05, 4.69) is 15.7 Å². The molecule has 1 saturated heterocycles. The molecule has 37 heavy (non-hydrogen) atoms. The molecule has 2 aromatic carbocycles. The van der Waals surface area contributed by atoms with Gasteiger partial charge in [-0.15, -0.1) is 5.10 Å². The molecule has 2 N–H and O–H groups in total. The minimum atomic E-state index is -0.974. The normalized spacial score (nSPS) is 17.4. The van der Waals surface area contributed by atoms with E-state index in [-0.39, 0.29) is 12.5 Å². The lowest BCUT2D eigenvalue weighted by atomic mass is 9.94. The lowest BCUT2D eigenvalue weighted by Gasteiger charge is -2.21. The first-order chi connectivity index (χ1) is 17.8. The first-order valence-electron chi connectivity index (χ1n) is 11.9. The van der Waals surface area contributed by atoms with Gasteiger partial charge in [0, 0.05) is 19.0 Å². The lowest BCUT2D eigenvalue weighted by Crippen LogP contribution is -2.43. The van der Waals surface area contributed by atoms with Crippen LogP contribution in [0.4, 0.5) is 19.4 Å². The first kappa shape index (κ1) is 26.1. The molecular weight excluding hydrogens is 484 g/mol. The number of likely N-dealkylation sites (tertiary alicyclic amines) is 1. The number of anilines is 1. The number of carbonyl (C=O) groups excluding carboxylic acids is 2. The molecule has 0 aliphatic carbocycles. The molecule has 1 aliphatic heterocycles. The van der Waals surface area contributed by atoms with Crippen LogP contribution >= 0.6 is 0 Å². The fourth-order valence-electron chi connectivity index (χ4n) is 4.45. The van der Waals surface area contributed by atoms with Crippen molar-refractivity contribution in [3.8, 4) is 11.6 Å². The number of hydrogen-bond donors (Lipinski definition) is 2. The third-order valence-corrected chi connectivity index (χ3v) is 6.26. The molecule has 0 unspecified atom stereocenters. The predicted molar refractivity (Wildman–Crippen MR) is 133 cm³/mol. The Hall–Kier alpha value is -3.99. The van der Waals surface area contributed by atoms with Crippen molar-refractivity contribution >= 4 is 17.8 Å². The number of ether oxygens (including phenoxy) is 2. The second kappa shape index (κ2) is 11.4. The third-order valence-electron chi connectivity index (χ3n) is 6.26. The molecule has 0 spiro atoms. The van der Waals surface area contributed by atoms with E-state index in [1.807, 2.05) is 37.3 Å². The van der Waals surface area contributed by atoms with E-state index >= 15 is 0 Å². The van der Waals surface area contributed by atoms with Crippen LogP contribution in [0.2, 0.25) is 0 Å². The van der Waals surface area contributed by atoms with Crippen LogP contribution in [0.25, 0.3) is 5.69 Å². The average molecular weight is 514 g/mol. The monoisotopic (exact) mass is 513 g/mol. The third kappa shape index (κ3) is 5.88. The zero-order valence-corrected chi connectivity index (χ0v) is 20.8. The van der Waals surface area contributed by atoms with Gasteiger partial charge in [0.25, 0.3) is 0 Å². The number of amides is 2. The second-order valence-corrected chi connectivity index (χ2v) is 8.71. The smallest absolute Gasteiger partial charge is 0.320 e. The maximum absolute atomic E-state index is 14.0. The van der Waals surface area contributed by atoms with Crippen molar-refractivity contribution in [3.05, 3.63) is 71.3 Å². The molecule has 11 heteroatoms. The number of esters is 1. The summed E-state index contributed by atoms with van der Waals surface area (Å²) in [6.45, 7) is 4.72. The van der Waals surface area contributed by atoms with Crippen LogP contribution in [-0.2, 0) is 9.53 Å². The highest BCUT2D eigenvalue weighted by molar-refractivity contribution is 5.90. The number of benzene rings is 2. The standard InChI is InChI=1S/C26H29F2N5O4/c1-4-37-25-16(2)24(33(31-25)18-8-6-5-7-9-18)30-26(35)29-22-14-32(15-23(34)36-3)13-19(22)17-10-11-20(27)21(28)12-17/h5-12,19,22H,4,13-15H2,1-3H3,(H2,29,30,35)/t19-,22+/m0/s1. The van der Waals surface area contributed by atoms with Crippen molar-refractivity contribution in [2.24, 2.45) is 0 Å². The van der Waals surface area contributed by atoms with Crippen LogP contribution < -0.4 is 15.4 Å². The number of nitrogens with zero attached hydrogens (tertiary/aromatic N) is 3. The molecule has 0 radical (unpaired) electrons. The van der Waals surface area contributed by atoms with Crippen molar-refractivity contribution in [2.75, 3.05) is 38.7 Å². The molecule has 0 saturated carbocycles. The Morgan fingerprint density at radius 3 is 2.54 bits per heavy atom. The topological polar surface area (TPSA) is 97.7 Å². The van der Waals surface area contributed by atoms with Crippen LogP contribution in [0.5, 0.6) is 5.88 Å². The Kier molecular flexibility index (Phi) is 8.02. The van der Waals surface area contributed by atoms with Gasteiger partial charge in [0.2, 0.25) is 5.88 Å². The van der Waals surface area contributed by atoms with E-state index in [0.29, 0.717) is 42.5 Å². The molecule has 0 bridgehead atoms. The zero-order valence-electron chi connectivity index (χ0n) is 20.8. The van der Waals surface area contributed by atoms with E-state index in [1.165, 1.54) is 13.2 Å². The number of para-hydroxylation sites is 1. The van der Waals surface area contributed by atoms with Crippen LogP contribution in [0.15, 0.2) is 48.5 Å². The van der Waals surface area contributed by atoms with Gasteiger partial charge < -0.3 is 14.8 Å². The van der Waals surface area contributed by atoms with Crippen molar-refractivity contribution in [2.45, 2.75) is 25.8 Å². The Bertz CT molecular complexity index is 1270. The molecule has 196 valence electrons. The number of halogens is 2. The largest absolute Gasteiger partial charge is 0.477 e. The van der Waals surface area contributed by atoms with Gasteiger partial charge in [0.15, 0.2) is 11.6 Å². The number of carbonyl (C=O) groups is 2. The summed E-state index contributed by atoms with van der Waals surface area (Å²) in [6.07, 6.45) is 0. The fourth-order valence-corrected chi connectivity index (χ4v) is 4.45. The molecule has 1 aromatic heterocycles. The van der Waals surface area contributed by atoms with Gasteiger partial charge >= 0.3 is 12.0 Å². The molecular formula is C26H29F2N5O4. The number of aromatic nitrogens is 2. The summed E-state index contributed by atoms with van der Waals surface area (Å²) in [5.74, 6) is -1.92. The fraction of sp³-hybridized carbons (Fsp3) is 0.346. The highest BCUT2D eigenvalue weighted by Gasteiger charge is 2.36. The van der Waals surface area contributed by atoms with Gasteiger partial charge in [-0.2, -0.15) is 0 Å². The van der Waals surface area contributed by atoms with Gasteiger partial charge in [-0.05, 0) is 43.7 Å². The summed E-state index contributed by atoms with van der Waals surface area (Å²) in [5, 5.41) is 10.3. The minimum absolute atomic E-state index is 0.00801. The van der Waals surface area contributed by atoms with Crippen molar-refractivity contribution in [1.29, 1.82) is 0 Å². The van der Waals surface area contributed by atoms with E-state index < -0.39 is 29.7 Å². The highest BCUT2D eigenvalue weighted by atomic mass is 19.2. The molecule has 9 nitrogen and oxygen atoms in total. The molecule has 1 fully saturated rings. The van der Waals surface area contributed by atoms with Gasteiger partial charge in [0.1, 0.15) is 5.82 Å². The Morgan fingerprint density at radius 1 is 1.11 bits per heavy atom. The first-order valence-corrected chi connectivity index (χ1v) is 11.9. The highest BCUT2D eigenvalue weighted by Crippen LogP contribution is 2.30. The Labute approximate surface area is 213 Å². The van der Waals surface area contributed by atoms with Gasteiger partial charge in [-0.1, -0.05) is 24.3 Å².